The molecule has 2 bridgehead atoms. The lowest BCUT2D eigenvalue weighted by Crippen LogP contribution is -2.54. The molecule has 3 rings (SSSR count). The number of amides is 3. The molecule has 3 heterocycles. The van der Waals surface area contributed by atoms with E-state index in [-0.39, 0.29) is 6.54 Å². The molecule has 3 fully saturated rings. The standard InChI is InChI=1S/C11H18N4O7S/c16-9-4-12-3-7(9)13-10(17)8-2-1-6-5-14(8)11(18)15(6)22-23(19,20)21/h6-9,12,16H,1-5H2,(H,13,17)(H,19,20,21)/t6-,7-,8+,9-/m1/s1. The van der Waals surface area contributed by atoms with E-state index in [4.69, 9.17) is 4.55 Å². The quantitative estimate of drug-likeness (QED) is 0.405. The number of nitrogens with one attached hydrogen (secondary N) is 2. The van der Waals surface area contributed by atoms with E-state index in [2.05, 4.69) is 14.9 Å². The lowest BCUT2D eigenvalue weighted by Gasteiger charge is -2.30. The fraction of sp³-hybridized carbons (Fsp3) is 0.818. The Morgan fingerprint density at radius 2 is 2.09 bits per heavy atom. The summed E-state index contributed by atoms with van der Waals surface area (Å²) in [6, 6.07) is -2.51. The van der Waals surface area contributed by atoms with E-state index in [1.54, 1.807) is 0 Å². The number of fused-ring (bicyclic) bond motifs is 2. The number of hydrogen-bond acceptors (Lipinski definition) is 7. The van der Waals surface area contributed by atoms with Gasteiger partial charge < -0.3 is 20.6 Å². The van der Waals surface area contributed by atoms with Crippen molar-refractivity contribution in [1.82, 2.24) is 20.6 Å². The van der Waals surface area contributed by atoms with Gasteiger partial charge in [-0.2, -0.15) is 13.5 Å². The molecule has 23 heavy (non-hydrogen) atoms. The molecule has 0 spiro atoms. The first-order chi connectivity index (χ1) is 10.8. The second-order valence-corrected chi connectivity index (χ2v) is 6.86. The number of piperidine rings is 1. The van der Waals surface area contributed by atoms with Crippen LogP contribution in [-0.4, -0.2) is 83.8 Å². The Morgan fingerprint density at radius 1 is 1.35 bits per heavy atom. The molecule has 3 aliphatic heterocycles. The summed E-state index contributed by atoms with van der Waals surface area (Å²) in [7, 11) is -4.81. The van der Waals surface area contributed by atoms with Crippen LogP contribution in [0.5, 0.6) is 0 Å². The van der Waals surface area contributed by atoms with Crippen LogP contribution in [-0.2, 0) is 19.5 Å². The Morgan fingerprint density at radius 3 is 2.70 bits per heavy atom. The molecular weight excluding hydrogens is 332 g/mol. The zero-order valence-corrected chi connectivity index (χ0v) is 12.9. The maximum absolute atomic E-state index is 12.4. The molecular formula is C11H18N4O7S. The molecule has 0 aromatic rings. The summed E-state index contributed by atoms with van der Waals surface area (Å²) < 4.78 is 34.6. The monoisotopic (exact) mass is 350 g/mol. The van der Waals surface area contributed by atoms with Gasteiger partial charge in [0.2, 0.25) is 5.91 Å². The van der Waals surface area contributed by atoms with Crippen molar-refractivity contribution in [3.63, 3.8) is 0 Å². The summed E-state index contributed by atoms with van der Waals surface area (Å²) in [6.45, 7) is 0.961. The number of hydrogen-bond donors (Lipinski definition) is 4. The average molecular weight is 350 g/mol. The maximum Gasteiger partial charge on any atom is 0.418 e. The van der Waals surface area contributed by atoms with Crippen LogP contribution in [0.25, 0.3) is 0 Å². The van der Waals surface area contributed by atoms with Gasteiger partial charge in [0.1, 0.15) is 6.04 Å². The molecule has 0 saturated carbocycles. The molecule has 3 amide bonds. The van der Waals surface area contributed by atoms with Crippen molar-refractivity contribution in [2.45, 2.75) is 37.1 Å². The molecule has 0 unspecified atom stereocenters. The highest BCUT2D eigenvalue weighted by Crippen LogP contribution is 2.30. The van der Waals surface area contributed by atoms with Gasteiger partial charge >= 0.3 is 16.4 Å². The number of rotatable bonds is 4. The molecule has 130 valence electrons. The molecule has 4 N–H and O–H groups in total. The van der Waals surface area contributed by atoms with E-state index in [0.717, 1.165) is 0 Å². The summed E-state index contributed by atoms with van der Waals surface area (Å²) in [4.78, 5) is 25.8. The fourth-order valence-corrected chi connectivity index (χ4v) is 3.58. The first kappa shape index (κ1) is 16.4. The lowest BCUT2D eigenvalue weighted by atomic mass is 10.00. The highest BCUT2D eigenvalue weighted by Gasteiger charge is 2.49. The van der Waals surface area contributed by atoms with E-state index in [0.29, 0.717) is 31.0 Å². The molecule has 0 aromatic heterocycles. The normalized spacial score (nSPS) is 34.1. The molecule has 0 aliphatic carbocycles. The number of carbonyl (C=O) groups is 2. The Labute approximate surface area is 132 Å². The largest absolute Gasteiger partial charge is 0.418 e. The van der Waals surface area contributed by atoms with Crippen molar-refractivity contribution in [3.8, 4) is 0 Å². The zero-order valence-electron chi connectivity index (χ0n) is 12.1. The summed E-state index contributed by atoms with van der Waals surface area (Å²) in [5.41, 5.74) is 0. The number of aliphatic hydroxyl groups is 1. The van der Waals surface area contributed by atoms with E-state index < -0.39 is 46.6 Å². The van der Waals surface area contributed by atoms with Gasteiger partial charge in [0.05, 0.1) is 18.2 Å². The first-order valence-electron chi connectivity index (χ1n) is 7.22. The molecule has 0 radical (unpaired) electrons. The van der Waals surface area contributed by atoms with Gasteiger partial charge in [-0.25, -0.2) is 4.79 Å². The number of hydroxylamine groups is 2. The van der Waals surface area contributed by atoms with Crippen molar-refractivity contribution in [1.29, 1.82) is 0 Å². The van der Waals surface area contributed by atoms with Gasteiger partial charge in [-0.3, -0.25) is 9.35 Å². The average Bonchev–Trinajstić information content (AvgIpc) is 2.96. The fourth-order valence-electron chi connectivity index (χ4n) is 3.20. The van der Waals surface area contributed by atoms with Gasteiger partial charge in [0, 0.05) is 19.6 Å². The van der Waals surface area contributed by atoms with E-state index in [9.17, 15) is 23.1 Å². The molecule has 12 heteroatoms. The first-order valence-corrected chi connectivity index (χ1v) is 8.59. The van der Waals surface area contributed by atoms with Crippen LogP contribution >= 0.6 is 0 Å². The third kappa shape index (κ3) is 3.26. The highest BCUT2D eigenvalue weighted by atomic mass is 32.3. The van der Waals surface area contributed by atoms with E-state index in [1.165, 1.54) is 4.90 Å². The number of β-amino-alcohol motifs (C(OH)–C–C–N with tert-alkyl or cyclic N) is 1. The minimum Gasteiger partial charge on any atom is -0.390 e. The third-order valence-corrected chi connectivity index (χ3v) is 4.66. The van der Waals surface area contributed by atoms with Crippen molar-refractivity contribution in [3.05, 3.63) is 0 Å². The van der Waals surface area contributed by atoms with Crippen molar-refractivity contribution in [2.75, 3.05) is 19.6 Å². The van der Waals surface area contributed by atoms with Crippen LogP contribution in [0.1, 0.15) is 12.8 Å². The van der Waals surface area contributed by atoms with Crippen molar-refractivity contribution >= 4 is 22.3 Å². The summed E-state index contributed by atoms with van der Waals surface area (Å²) in [5.74, 6) is -0.404. The topological polar surface area (TPSA) is 149 Å². The third-order valence-electron chi connectivity index (χ3n) is 4.31. The van der Waals surface area contributed by atoms with Crippen molar-refractivity contribution < 1.29 is 31.9 Å². The Balaban J connectivity index is 1.67. The second kappa shape index (κ2) is 5.87. The van der Waals surface area contributed by atoms with Crippen LogP contribution in [0, 0.1) is 0 Å². The van der Waals surface area contributed by atoms with E-state index >= 15 is 0 Å². The smallest absolute Gasteiger partial charge is 0.390 e. The Hall–Kier alpha value is -1.47. The lowest BCUT2D eigenvalue weighted by molar-refractivity contribution is -0.127. The van der Waals surface area contributed by atoms with Crippen LogP contribution in [0.4, 0.5) is 4.79 Å². The van der Waals surface area contributed by atoms with Gasteiger partial charge in [-0.1, -0.05) is 0 Å². The minimum atomic E-state index is -4.81. The Bertz CT molecular complexity index is 611. The predicted octanol–water partition coefficient (Wildman–Crippen LogP) is -2.56. The minimum absolute atomic E-state index is 0.137. The maximum atomic E-state index is 12.4. The van der Waals surface area contributed by atoms with Crippen LogP contribution in [0.15, 0.2) is 0 Å². The summed E-state index contributed by atoms with van der Waals surface area (Å²) in [6.07, 6.45) is 0.00874. The number of carbonyl (C=O) groups excluding carboxylic acids is 2. The molecule has 4 atom stereocenters. The van der Waals surface area contributed by atoms with Crippen LogP contribution < -0.4 is 10.6 Å². The number of aliphatic hydroxyl groups excluding tert-OH is 1. The van der Waals surface area contributed by atoms with Gasteiger partial charge in [-0.05, 0) is 12.8 Å². The van der Waals surface area contributed by atoms with Gasteiger partial charge in [0.25, 0.3) is 0 Å². The highest BCUT2D eigenvalue weighted by molar-refractivity contribution is 7.80. The SMILES string of the molecule is O=C(N[C@@H]1CNC[C@H]1O)[C@@H]1CC[C@@H]2CN1C(=O)N2OS(=O)(=O)O. The van der Waals surface area contributed by atoms with Crippen LogP contribution in [0.3, 0.4) is 0 Å². The van der Waals surface area contributed by atoms with Crippen molar-refractivity contribution in [2.24, 2.45) is 0 Å². The molecule has 0 aromatic carbocycles. The number of urea groups is 1. The number of nitrogens with zero attached hydrogens (tertiary/aromatic N) is 2. The van der Waals surface area contributed by atoms with E-state index in [1.807, 2.05) is 0 Å². The van der Waals surface area contributed by atoms with Gasteiger partial charge in [-0.15, -0.1) is 4.28 Å². The Kier molecular flexibility index (Phi) is 4.18. The molecule has 3 saturated heterocycles. The van der Waals surface area contributed by atoms with Gasteiger partial charge in [0.15, 0.2) is 0 Å². The molecule has 11 nitrogen and oxygen atoms in total. The predicted molar refractivity (Wildman–Crippen MR) is 74.2 cm³/mol. The molecule has 3 aliphatic rings. The summed E-state index contributed by atoms with van der Waals surface area (Å²) >= 11 is 0. The van der Waals surface area contributed by atoms with Crippen LogP contribution in [0.2, 0.25) is 0 Å². The second-order valence-electron chi connectivity index (χ2n) is 5.85. The zero-order chi connectivity index (χ0) is 16.8. The summed E-state index contributed by atoms with van der Waals surface area (Å²) in [5, 5.41) is 15.9.